The van der Waals surface area contributed by atoms with Crippen molar-refractivity contribution in [1.29, 1.82) is 0 Å². The van der Waals surface area contributed by atoms with E-state index in [9.17, 15) is 9.59 Å². The minimum atomic E-state index is -0.328. The fraction of sp³-hybridized carbons (Fsp3) is 0.455. The molecule has 4 N–H and O–H groups in total. The lowest BCUT2D eigenvalue weighted by Gasteiger charge is -2.13. The summed E-state index contributed by atoms with van der Waals surface area (Å²) in [6.07, 6.45) is 0.800. The van der Waals surface area contributed by atoms with Gasteiger partial charge in [-0.25, -0.2) is 0 Å². The Morgan fingerprint density at radius 3 is 2.82 bits per heavy atom. The quantitative estimate of drug-likeness (QED) is 0.662. The van der Waals surface area contributed by atoms with Crippen molar-refractivity contribution in [3.8, 4) is 0 Å². The summed E-state index contributed by atoms with van der Waals surface area (Å²) in [7, 11) is 0. The third-order valence-corrected chi connectivity index (χ3v) is 3.03. The van der Waals surface area contributed by atoms with Gasteiger partial charge in [-0.2, -0.15) is 0 Å². The monoisotopic (exact) mass is 255 g/mol. The highest BCUT2D eigenvalue weighted by atomic mass is 32.1. The molecule has 0 aliphatic carbocycles. The molecule has 0 aliphatic heterocycles. The Kier molecular flexibility index (Phi) is 5.65. The number of hydrogen-bond donors (Lipinski definition) is 3. The molecule has 94 valence electrons. The van der Waals surface area contributed by atoms with E-state index in [1.165, 1.54) is 4.88 Å². The molecule has 0 radical (unpaired) electrons. The topological polar surface area (TPSA) is 84.2 Å². The van der Waals surface area contributed by atoms with Gasteiger partial charge in [-0.15, -0.1) is 11.3 Å². The molecular weight excluding hydrogens is 238 g/mol. The Hall–Kier alpha value is -1.40. The van der Waals surface area contributed by atoms with Gasteiger partial charge in [0.1, 0.15) is 0 Å². The summed E-state index contributed by atoms with van der Waals surface area (Å²) in [6.45, 7) is 1.81. The van der Waals surface area contributed by atoms with E-state index in [1.807, 2.05) is 24.4 Å². The minimum absolute atomic E-state index is 0.0230. The predicted molar refractivity (Wildman–Crippen MR) is 67.7 cm³/mol. The van der Waals surface area contributed by atoms with E-state index >= 15 is 0 Å². The van der Waals surface area contributed by atoms with Gasteiger partial charge in [0.2, 0.25) is 11.8 Å². The first-order valence-electron chi connectivity index (χ1n) is 5.40. The van der Waals surface area contributed by atoms with E-state index in [0.29, 0.717) is 0 Å². The normalized spacial score (nSPS) is 11.9. The first-order valence-corrected chi connectivity index (χ1v) is 6.28. The van der Waals surface area contributed by atoms with Crippen LogP contribution in [0.1, 0.15) is 11.8 Å². The van der Waals surface area contributed by atoms with E-state index < -0.39 is 0 Å². The molecule has 5 nitrogen and oxygen atoms in total. The lowest BCUT2D eigenvalue weighted by Crippen LogP contribution is -2.43. The second-order valence-corrected chi connectivity index (χ2v) is 4.77. The van der Waals surface area contributed by atoms with E-state index in [-0.39, 0.29) is 30.9 Å². The number of amides is 2. The van der Waals surface area contributed by atoms with E-state index in [2.05, 4.69) is 10.6 Å². The zero-order valence-corrected chi connectivity index (χ0v) is 10.5. The number of thiophene rings is 1. The van der Waals surface area contributed by atoms with Crippen molar-refractivity contribution in [2.45, 2.75) is 19.4 Å². The number of rotatable bonds is 6. The Balaban J connectivity index is 2.24. The van der Waals surface area contributed by atoms with Gasteiger partial charge in [0.25, 0.3) is 0 Å². The van der Waals surface area contributed by atoms with Crippen molar-refractivity contribution in [1.82, 2.24) is 10.6 Å². The molecule has 1 rings (SSSR count). The maximum absolute atomic E-state index is 11.4. The van der Waals surface area contributed by atoms with E-state index in [0.717, 1.165) is 6.42 Å². The summed E-state index contributed by atoms with van der Waals surface area (Å²) in [6, 6.07) is 4.07. The second-order valence-electron chi connectivity index (χ2n) is 3.73. The maximum atomic E-state index is 11.4. The molecule has 1 unspecified atom stereocenters. The first kappa shape index (κ1) is 13.7. The third-order valence-electron chi connectivity index (χ3n) is 2.13. The molecule has 0 saturated carbocycles. The van der Waals surface area contributed by atoms with Crippen molar-refractivity contribution in [3.05, 3.63) is 22.4 Å². The lowest BCUT2D eigenvalue weighted by molar-refractivity contribution is -0.125. The van der Waals surface area contributed by atoms with E-state index in [1.54, 1.807) is 11.3 Å². The number of carbonyl (C=O) groups excluding carboxylic acids is 2. The van der Waals surface area contributed by atoms with Crippen LogP contribution in [-0.2, 0) is 16.0 Å². The summed E-state index contributed by atoms with van der Waals surface area (Å²) >= 11 is 1.66. The highest BCUT2D eigenvalue weighted by Crippen LogP contribution is 2.10. The van der Waals surface area contributed by atoms with Crippen molar-refractivity contribution >= 4 is 23.2 Å². The predicted octanol–water partition coefficient (Wildman–Crippen LogP) is -0.130. The van der Waals surface area contributed by atoms with Crippen LogP contribution >= 0.6 is 11.3 Å². The zero-order chi connectivity index (χ0) is 12.7. The van der Waals surface area contributed by atoms with Gasteiger partial charge in [-0.1, -0.05) is 6.07 Å². The molecule has 1 aromatic heterocycles. The van der Waals surface area contributed by atoms with Crippen molar-refractivity contribution in [3.63, 3.8) is 0 Å². The van der Waals surface area contributed by atoms with Crippen LogP contribution in [-0.4, -0.2) is 30.9 Å². The van der Waals surface area contributed by atoms with Crippen LogP contribution in [0.3, 0.4) is 0 Å². The average Bonchev–Trinajstić information content (AvgIpc) is 2.78. The van der Waals surface area contributed by atoms with Crippen molar-refractivity contribution in [2.75, 3.05) is 13.1 Å². The molecule has 0 fully saturated rings. The van der Waals surface area contributed by atoms with Crippen LogP contribution in [0.25, 0.3) is 0 Å². The largest absolute Gasteiger partial charge is 0.352 e. The van der Waals surface area contributed by atoms with Gasteiger partial charge in [0.05, 0.1) is 13.1 Å². The molecule has 0 aliphatic rings. The first-order chi connectivity index (χ1) is 8.11. The maximum Gasteiger partial charge on any atom is 0.239 e. The van der Waals surface area contributed by atoms with Crippen molar-refractivity contribution in [2.24, 2.45) is 5.73 Å². The number of hydrogen-bond acceptors (Lipinski definition) is 4. The summed E-state index contributed by atoms with van der Waals surface area (Å²) < 4.78 is 0. The van der Waals surface area contributed by atoms with Gasteiger partial charge in [-0.3, -0.25) is 9.59 Å². The molecule has 6 heteroatoms. The van der Waals surface area contributed by atoms with Crippen LogP contribution in [0.4, 0.5) is 0 Å². The fourth-order valence-electron chi connectivity index (χ4n) is 1.36. The fourth-order valence-corrected chi connectivity index (χ4v) is 2.19. The van der Waals surface area contributed by atoms with Crippen LogP contribution in [0.15, 0.2) is 17.5 Å². The van der Waals surface area contributed by atoms with E-state index in [4.69, 9.17) is 5.73 Å². The Bertz CT molecular complexity index is 365. The Morgan fingerprint density at radius 1 is 1.47 bits per heavy atom. The van der Waals surface area contributed by atoms with Gasteiger partial charge >= 0.3 is 0 Å². The standard InChI is InChI=1S/C11H17N3O2S/c1-8(5-9-3-2-4-17-9)14-11(16)7-13-10(15)6-12/h2-4,8H,5-7,12H2,1H3,(H,13,15)(H,14,16). The van der Waals surface area contributed by atoms with Gasteiger partial charge < -0.3 is 16.4 Å². The van der Waals surface area contributed by atoms with Crippen LogP contribution < -0.4 is 16.4 Å². The van der Waals surface area contributed by atoms with Crippen molar-refractivity contribution < 1.29 is 9.59 Å². The molecular formula is C11H17N3O2S. The second kappa shape index (κ2) is 7.03. The van der Waals surface area contributed by atoms with Crippen LogP contribution in [0.5, 0.6) is 0 Å². The molecule has 0 saturated heterocycles. The Labute approximate surface area is 104 Å². The summed E-state index contributed by atoms with van der Waals surface area (Å²) in [5, 5.41) is 7.24. The zero-order valence-electron chi connectivity index (χ0n) is 9.73. The summed E-state index contributed by atoms with van der Waals surface area (Å²) in [5.41, 5.74) is 5.11. The highest BCUT2D eigenvalue weighted by Gasteiger charge is 2.09. The molecule has 0 bridgehead atoms. The summed E-state index contributed by atoms with van der Waals surface area (Å²) in [5.74, 6) is -0.526. The molecule has 1 heterocycles. The summed E-state index contributed by atoms with van der Waals surface area (Å²) in [4.78, 5) is 23.5. The molecule has 17 heavy (non-hydrogen) atoms. The third kappa shape index (κ3) is 5.46. The Morgan fingerprint density at radius 2 is 2.24 bits per heavy atom. The number of nitrogens with one attached hydrogen (secondary N) is 2. The minimum Gasteiger partial charge on any atom is -0.352 e. The van der Waals surface area contributed by atoms with Gasteiger partial charge in [0.15, 0.2) is 0 Å². The average molecular weight is 255 g/mol. The lowest BCUT2D eigenvalue weighted by atomic mass is 10.2. The van der Waals surface area contributed by atoms with Gasteiger partial charge in [-0.05, 0) is 18.4 Å². The SMILES string of the molecule is CC(Cc1cccs1)NC(=O)CNC(=O)CN. The molecule has 0 spiro atoms. The molecule has 1 aromatic rings. The highest BCUT2D eigenvalue weighted by molar-refractivity contribution is 7.09. The van der Waals surface area contributed by atoms with Gasteiger partial charge in [0, 0.05) is 17.3 Å². The molecule has 0 aromatic carbocycles. The van der Waals surface area contributed by atoms with Crippen LogP contribution in [0, 0.1) is 0 Å². The molecule has 2 amide bonds. The van der Waals surface area contributed by atoms with Crippen LogP contribution in [0.2, 0.25) is 0 Å². The molecule has 1 atom stereocenters. The number of carbonyl (C=O) groups is 2. The smallest absolute Gasteiger partial charge is 0.239 e. The number of nitrogens with two attached hydrogens (primary N) is 1.